The minimum absolute atomic E-state index is 0.000668. The first-order valence-corrected chi connectivity index (χ1v) is 7.41. The quantitative estimate of drug-likeness (QED) is 0.822. The summed E-state index contributed by atoms with van der Waals surface area (Å²) in [4.78, 5) is 27.7. The smallest absolute Gasteiger partial charge is 0.249 e. The molecule has 1 aromatic rings. The van der Waals surface area contributed by atoms with Crippen LogP contribution in [-0.4, -0.2) is 56.2 Å². The van der Waals surface area contributed by atoms with E-state index in [1.807, 2.05) is 31.2 Å². The summed E-state index contributed by atoms with van der Waals surface area (Å²) in [6, 6.07) is 6.94. The summed E-state index contributed by atoms with van der Waals surface area (Å²) in [5.74, 6) is 0.537. The Hall–Kier alpha value is -2.08. The third-order valence-electron chi connectivity index (χ3n) is 3.70. The molecule has 0 saturated carbocycles. The van der Waals surface area contributed by atoms with Gasteiger partial charge in [-0.25, -0.2) is 0 Å². The second kappa shape index (κ2) is 7.26. The first-order chi connectivity index (χ1) is 10.6. The van der Waals surface area contributed by atoms with Crippen LogP contribution in [-0.2, 0) is 14.3 Å². The fourth-order valence-electron chi connectivity index (χ4n) is 2.56. The molecule has 1 aliphatic rings. The number of carbonyl (C=O) groups excluding carboxylic acids is 2. The number of nitrogens with zero attached hydrogens (tertiary/aromatic N) is 2. The van der Waals surface area contributed by atoms with Crippen molar-refractivity contribution in [2.75, 3.05) is 38.3 Å². The summed E-state index contributed by atoms with van der Waals surface area (Å²) < 4.78 is 10.3. The Bertz CT molecular complexity index is 529. The summed E-state index contributed by atoms with van der Waals surface area (Å²) in [7, 11) is 1.47. The molecule has 2 amide bonds. The van der Waals surface area contributed by atoms with E-state index >= 15 is 0 Å². The molecule has 0 N–H and O–H groups in total. The third-order valence-corrected chi connectivity index (χ3v) is 3.70. The number of ether oxygens (including phenoxy) is 2. The van der Waals surface area contributed by atoms with Gasteiger partial charge in [0.05, 0.1) is 6.61 Å². The van der Waals surface area contributed by atoms with E-state index in [9.17, 15) is 9.59 Å². The number of methoxy groups -OCH3 is 1. The van der Waals surface area contributed by atoms with Gasteiger partial charge in [0.1, 0.15) is 18.4 Å². The molecule has 0 radical (unpaired) electrons. The number of anilines is 1. The van der Waals surface area contributed by atoms with Gasteiger partial charge in [0.2, 0.25) is 11.8 Å². The number of hydrogen-bond acceptors (Lipinski definition) is 4. The molecule has 120 valence electrons. The van der Waals surface area contributed by atoms with Crippen molar-refractivity contribution in [1.82, 2.24) is 4.90 Å². The highest BCUT2D eigenvalue weighted by atomic mass is 16.5. The van der Waals surface area contributed by atoms with Crippen molar-refractivity contribution in [2.24, 2.45) is 0 Å². The lowest BCUT2D eigenvalue weighted by Crippen LogP contribution is -2.58. The summed E-state index contributed by atoms with van der Waals surface area (Å²) in [5, 5.41) is 0. The molecule has 22 heavy (non-hydrogen) atoms. The van der Waals surface area contributed by atoms with E-state index in [1.165, 1.54) is 7.11 Å². The minimum Gasteiger partial charge on any atom is -0.494 e. The number of carbonyl (C=O) groups is 2. The topological polar surface area (TPSA) is 59.1 Å². The van der Waals surface area contributed by atoms with Crippen LogP contribution in [0.25, 0.3) is 0 Å². The maximum Gasteiger partial charge on any atom is 0.249 e. The summed E-state index contributed by atoms with van der Waals surface area (Å²) in [6.07, 6.45) is 0. The van der Waals surface area contributed by atoms with E-state index in [2.05, 4.69) is 0 Å². The van der Waals surface area contributed by atoms with E-state index < -0.39 is 6.04 Å². The SMILES string of the molecule is CCOc1ccc(N2CCN(C(=O)COC)C(C)C2=O)cc1. The second-order valence-electron chi connectivity index (χ2n) is 5.11. The number of piperazine rings is 1. The number of hydrogen-bond donors (Lipinski definition) is 0. The predicted molar refractivity (Wildman–Crippen MR) is 83.0 cm³/mol. The maximum absolute atomic E-state index is 12.5. The maximum atomic E-state index is 12.5. The van der Waals surface area contributed by atoms with Gasteiger partial charge < -0.3 is 19.3 Å². The van der Waals surface area contributed by atoms with Crippen LogP contribution < -0.4 is 9.64 Å². The lowest BCUT2D eigenvalue weighted by atomic mass is 10.1. The molecule has 1 fully saturated rings. The molecular formula is C16H22N2O4. The minimum atomic E-state index is -0.483. The van der Waals surface area contributed by atoms with E-state index in [0.29, 0.717) is 19.7 Å². The fourth-order valence-corrected chi connectivity index (χ4v) is 2.56. The van der Waals surface area contributed by atoms with Crippen molar-refractivity contribution in [3.8, 4) is 5.75 Å². The molecule has 1 unspecified atom stereocenters. The predicted octanol–water partition coefficient (Wildman–Crippen LogP) is 1.30. The molecule has 2 rings (SSSR count). The summed E-state index contributed by atoms with van der Waals surface area (Å²) in [6.45, 7) is 5.26. The van der Waals surface area contributed by atoms with Crippen molar-refractivity contribution in [3.05, 3.63) is 24.3 Å². The van der Waals surface area contributed by atoms with E-state index in [1.54, 1.807) is 16.7 Å². The van der Waals surface area contributed by atoms with Crippen LogP contribution in [0.3, 0.4) is 0 Å². The van der Waals surface area contributed by atoms with Gasteiger partial charge in [0.25, 0.3) is 0 Å². The Balaban J connectivity index is 2.08. The van der Waals surface area contributed by atoms with Gasteiger partial charge in [-0.05, 0) is 38.1 Å². The lowest BCUT2D eigenvalue weighted by molar-refractivity contribution is -0.143. The van der Waals surface area contributed by atoms with Gasteiger partial charge in [0, 0.05) is 25.9 Å². The molecule has 0 aromatic heterocycles. The zero-order chi connectivity index (χ0) is 16.1. The van der Waals surface area contributed by atoms with Crippen molar-refractivity contribution < 1.29 is 19.1 Å². The molecule has 1 saturated heterocycles. The van der Waals surface area contributed by atoms with Gasteiger partial charge in [-0.2, -0.15) is 0 Å². The van der Waals surface area contributed by atoms with Crippen LogP contribution in [0.4, 0.5) is 5.69 Å². The molecule has 0 bridgehead atoms. The first-order valence-electron chi connectivity index (χ1n) is 7.41. The fraction of sp³-hybridized carbons (Fsp3) is 0.500. The second-order valence-corrected chi connectivity index (χ2v) is 5.11. The number of rotatable bonds is 5. The average molecular weight is 306 g/mol. The van der Waals surface area contributed by atoms with Crippen molar-refractivity contribution in [1.29, 1.82) is 0 Å². The molecular weight excluding hydrogens is 284 g/mol. The number of amides is 2. The zero-order valence-corrected chi connectivity index (χ0v) is 13.2. The lowest BCUT2D eigenvalue weighted by Gasteiger charge is -2.39. The van der Waals surface area contributed by atoms with E-state index in [-0.39, 0.29) is 18.4 Å². The molecule has 1 aliphatic heterocycles. The molecule has 6 heteroatoms. The van der Waals surface area contributed by atoms with Gasteiger partial charge in [0.15, 0.2) is 0 Å². The van der Waals surface area contributed by atoms with Crippen molar-refractivity contribution in [3.63, 3.8) is 0 Å². The van der Waals surface area contributed by atoms with E-state index in [0.717, 1.165) is 11.4 Å². The highest BCUT2D eigenvalue weighted by Crippen LogP contribution is 2.23. The monoisotopic (exact) mass is 306 g/mol. The van der Waals surface area contributed by atoms with Crippen molar-refractivity contribution >= 4 is 17.5 Å². The average Bonchev–Trinajstić information content (AvgIpc) is 2.51. The molecule has 1 heterocycles. The Labute approximate surface area is 130 Å². The Morgan fingerprint density at radius 1 is 1.27 bits per heavy atom. The van der Waals surface area contributed by atoms with E-state index in [4.69, 9.17) is 9.47 Å². The first kappa shape index (κ1) is 16.3. The van der Waals surface area contributed by atoms with Crippen LogP contribution in [0.2, 0.25) is 0 Å². The highest BCUT2D eigenvalue weighted by Gasteiger charge is 2.34. The Morgan fingerprint density at radius 3 is 2.55 bits per heavy atom. The van der Waals surface area contributed by atoms with Gasteiger partial charge in [-0.1, -0.05) is 0 Å². The molecule has 0 aliphatic carbocycles. The van der Waals surface area contributed by atoms with Crippen molar-refractivity contribution in [2.45, 2.75) is 19.9 Å². The summed E-state index contributed by atoms with van der Waals surface area (Å²) >= 11 is 0. The van der Waals surface area contributed by atoms with Crippen LogP contribution in [0.5, 0.6) is 5.75 Å². The van der Waals surface area contributed by atoms with Crippen LogP contribution in [0, 0.1) is 0 Å². The van der Waals surface area contributed by atoms with Gasteiger partial charge in [-0.15, -0.1) is 0 Å². The number of benzene rings is 1. The van der Waals surface area contributed by atoms with Crippen LogP contribution >= 0.6 is 0 Å². The standard InChI is InChI=1S/C16H22N2O4/c1-4-22-14-7-5-13(6-8-14)18-10-9-17(12(2)16(18)20)15(19)11-21-3/h5-8,12H,4,9-11H2,1-3H3. The third kappa shape index (κ3) is 3.39. The Kier molecular flexibility index (Phi) is 5.38. The van der Waals surface area contributed by atoms with Gasteiger partial charge in [-0.3, -0.25) is 9.59 Å². The Morgan fingerprint density at radius 2 is 1.95 bits per heavy atom. The molecule has 6 nitrogen and oxygen atoms in total. The highest BCUT2D eigenvalue weighted by molar-refractivity contribution is 6.00. The molecule has 1 aromatic carbocycles. The normalized spacial score (nSPS) is 18.5. The largest absolute Gasteiger partial charge is 0.494 e. The van der Waals surface area contributed by atoms with Crippen LogP contribution in [0.1, 0.15) is 13.8 Å². The molecule has 1 atom stereocenters. The molecule has 0 spiro atoms. The van der Waals surface area contributed by atoms with Gasteiger partial charge >= 0.3 is 0 Å². The van der Waals surface area contributed by atoms with Crippen LogP contribution in [0.15, 0.2) is 24.3 Å². The summed E-state index contributed by atoms with van der Waals surface area (Å²) in [5.41, 5.74) is 0.819. The zero-order valence-electron chi connectivity index (χ0n) is 13.2.